The lowest BCUT2D eigenvalue weighted by Gasteiger charge is -2.10. The quantitative estimate of drug-likeness (QED) is 0.810. The lowest BCUT2D eigenvalue weighted by Crippen LogP contribution is -2.21. The van der Waals surface area contributed by atoms with E-state index in [1.807, 2.05) is 20.2 Å². The maximum absolute atomic E-state index is 13.4. The zero-order valence-electron chi connectivity index (χ0n) is 9.76. The van der Waals surface area contributed by atoms with Gasteiger partial charge in [0.1, 0.15) is 5.82 Å². The summed E-state index contributed by atoms with van der Waals surface area (Å²) >= 11 is 3.24. The van der Waals surface area contributed by atoms with Crippen LogP contribution in [-0.2, 0) is 6.54 Å². The maximum atomic E-state index is 13.4. The van der Waals surface area contributed by atoms with E-state index in [9.17, 15) is 4.39 Å². The van der Waals surface area contributed by atoms with Gasteiger partial charge in [0.2, 0.25) is 0 Å². The Balaban J connectivity index is 2.27. The number of hydrogen-bond donors (Lipinski definition) is 1. The molecule has 0 bridgehead atoms. The van der Waals surface area contributed by atoms with Crippen molar-refractivity contribution >= 4 is 15.9 Å². The van der Waals surface area contributed by atoms with Gasteiger partial charge in [-0.2, -0.15) is 0 Å². The summed E-state index contributed by atoms with van der Waals surface area (Å²) in [5.41, 5.74) is 0.716. The summed E-state index contributed by atoms with van der Waals surface area (Å²) in [7, 11) is 4.10. The third kappa shape index (κ3) is 5.05. The Hall–Kier alpha value is -0.450. The maximum Gasteiger partial charge on any atom is 0.128 e. The fourth-order valence-corrected chi connectivity index (χ4v) is 1.74. The molecule has 0 aliphatic heterocycles. The molecule has 0 unspecified atom stereocenters. The molecule has 0 saturated carbocycles. The van der Waals surface area contributed by atoms with E-state index in [1.54, 1.807) is 6.07 Å². The molecule has 1 aromatic carbocycles. The first-order valence-electron chi connectivity index (χ1n) is 5.39. The van der Waals surface area contributed by atoms with Crippen molar-refractivity contribution in [2.75, 3.05) is 27.2 Å². The molecule has 0 aliphatic carbocycles. The number of rotatable bonds is 6. The minimum absolute atomic E-state index is 0.158. The molecule has 2 nitrogen and oxygen atoms in total. The van der Waals surface area contributed by atoms with Gasteiger partial charge in [-0.25, -0.2) is 4.39 Å². The first-order chi connectivity index (χ1) is 7.59. The molecule has 0 atom stereocenters. The van der Waals surface area contributed by atoms with E-state index in [4.69, 9.17) is 0 Å². The van der Waals surface area contributed by atoms with Crippen molar-refractivity contribution in [1.82, 2.24) is 10.2 Å². The highest BCUT2D eigenvalue weighted by Crippen LogP contribution is 2.14. The molecule has 1 N–H and O–H groups in total. The fraction of sp³-hybridized carbons (Fsp3) is 0.500. The molecule has 0 radical (unpaired) electrons. The normalized spacial score (nSPS) is 11.1. The molecular weight excluding hydrogens is 271 g/mol. The van der Waals surface area contributed by atoms with Crippen LogP contribution < -0.4 is 5.32 Å². The molecule has 16 heavy (non-hydrogen) atoms. The minimum Gasteiger partial charge on any atom is -0.313 e. The van der Waals surface area contributed by atoms with Crippen molar-refractivity contribution in [2.45, 2.75) is 13.0 Å². The first kappa shape index (κ1) is 13.6. The highest BCUT2D eigenvalue weighted by molar-refractivity contribution is 9.10. The van der Waals surface area contributed by atoms with Gasteiger partial charge in [0.05, 0.1) is 0 Å². The van der Waals surface area contributed by atoms with Gasteiger partial charge >= 0.3 is 0 Å². The predicted molar refractivity (Wildman–Crippen MR) is 69.0 cm³/mol. The Morgan fingerprint density at radius 3 is 2.75 bits per heavy atom. The van der Waals surface area contributed by atoms with E-state index in [0.29, 0.717) is 12.1 Å². The van der Waals surface area contributed by atoms with Crippen LogP contribution in [-0.4, -0.2) is 32.1 Å². The van der Waals surface area contributed by atoms with E-state index in [0.717, 1.165) is 24.0 Å². The smallest absolute Gasteiger partial charge is 0.128 e. The van der Waals surface area contributed by atoms with Gasteiger partial charge in [-0.1, -0.05) is 22.0 Å². The van der Waals surface area contributed by atoms with E-state index in [-0.39, 0.29) is 5.82 Å². The molecule has 0 aliphatic rings. The van der Waals surface area contributed by atoms with Crippen LogP contribution >= 0.6 is 15.9 Å². The fourth-order valence-electron chi connectivity index (χ4n) is 1.41. The monoisotopic (exact) mass is 288 g/mol. The van der Waals surface area contributed by atoms with Crippen LogP contribution in [0, 0.1) is 5.82 Å². The highest BCUT2D eigenvalue weighted by Gasteiger charge is 2.01. The lowest BCUT2D eigenvalue weighted by molar-refractivity contribution is 0.394. The van der Waals surface area contributed by atoms with Crippen molar-refractivity contribution < 1.29 is 4.39 Å². The van der Waals surface area contributed by atoms with Crippen molar-refractivity contribution in [1.29, 1.82) is 0 Å². The first-order valence-corrected chi connectivity index (χ1v) is 6.18. The topological polar surface area (TPSA) is 15.3 Å². The minimum atomic E-state index is -0.158. The number of halogens is 2. The van der Waals surface area contributed by atoms with Gasteiger partial charge in [0, 0.05) is 16.6 Å². The average Bonchev–Trinajstić information content (AvgIpc) is 2.20. The molecule has 0 fully saturated rings. The molecule has 4 heteroatoms. The molecule has 0 spiro atoms. The summed E-state index contributed by atoms with van der Waals surface area (Å²) in [5, 5.41) is 3.24. The van der Waals surface area contributed by atoms with E-state index >= 15 is 0 Å². The van der Waals surface area contributed by atoms with E-state index in [2.05, 4.69) is 26.1 Å². The molecule has 0 aromatic heterocycles. The van der Waals surface area contributed by atoms with Gasteiger partial charge in [-0.15, -0.1) is 0 Å². The van der Waals surface area contributed by atoms with Crippen LogP contribution in [0.4, 0.5) is 4.39 Å². The SMILES string of the molecule is CN(C)CCCNCc1ccc(Br)cc1F. The van der Waals surface area contributed by atoms with Crippen molar-refractivity contribution in [3.05, 3.63) is 34.1 Å². The lowest BCUT2D eigenvalue weighted by atomic mass is 10.2. The van der Waals surface area contributed by atoms with Crippen LogP contribution in [0.25, 0.3) is 0 Å². The van der Waals surface area contributed by atoms with Crippen molar-refractivity contribution in [2.24, 2.45) is 0 Å². The molecule has 0 saturated heterocycles. The summed E-state index contributed by atoms with van der Waals surface area (Å²) in [6, 6.07) is 5.16. The van der Waals surface area contributed by atoms with E-state index in [1.165, 1.54) is 6.07 Å². The zero-order chi connectivity index (χ0) is 12.0. The second-order valence-corrected chi connectivity index (χ2v) is 4.99. The number of hydrogen-bond acceptors (Lipinski definition) is 2. The molecule has 90 valence electrons. The number of nitrogens with zero attached hydrogens (tertiary/aromatic N) is 1. The average molecular weight is 289 g/mol. The Kier molecular flexibility index (Phi) is 5.95. The predicted octanol–water partition coefficient (Wildman–Crippen LogP) is 2.63. The largest absolute Gasteiger partial charge is 0.313 e. The summed E-state index contributed by atoms with van der Waals surface area (Å²) in [5.74, 6) is -0.158. The summed E-state index contributed by atoms with van der Waals surface area (Å²) in [6.07, 6.45) is 1.07. The van der Waals surface area contributed by atoms with Crippen LogP contribution in [0.1, 0.15) is 12.0 Å². The van der Waals surface area contributed by atoms with Gasteiger partial charge < -0.3 is 10.2 Å². The number of benzene rings is 1. The van der Waals surface area contributed by atoms with Gasteiger partial charge in [0.25, 0.3) is 0 Å². The summed E-state index contributed by atoms with van der Waals surface area (Å²) in [6.45, 7) is 2.55. The third-order valence-corrected chi connectivity index (χ3v) is 2.78. The molecule has 1 rings (SSSR count). The van der Waals surface area contributed by atoms with E-state index < -0.39 is 0 Å². The number of nitrogens with one attached hydrogen (secondary N) is 1. The Bertz CT molecular complexity index is 329. The highest BCUT2D eigenvalue weighted by atomic mass is 79.9. The van der Waals surface area contributed by atoms with Crippen molar-refractivity contribution in [3.8, 4) is 0 Å². The van der Waals surface area contributed by atoms with Gasteiger partial charge in [-0.3, -0.25) is 0 Å². The van der Waals surface area contributed by atoms with Crippen LogP contribution in [0.5, 0.6) is 0 Å². The Morgan fingerprint density at radius 1 is 1.38 bits per heavy atom. The molecule has 0 heterocycles. The zero-order valence-corrected chi connectivity index (χ0v) is 11.3. The second-order valence-electron chi connectivity index (χ2n) is 4.07. The molecule has 0 amide bonds. The Labute approximate surface area is 105 Å². The van der Waals surface area contributed by atoms with Crippen molar-refractivity contribution in [3.63, 3.8) is 0 Å². The standard InChI is InChI=1S/C12H18BrFN2/c1-16(2)7-3-6-15-9-10-4-5-11(13)8-12(10)14/h4-5,8,15H,3,6-7,9H2,1-2H3. The van der Waals surface area contributed by atoms with Crippen LogP contribution in [0.15, 0.2) is 22.7 Å². The summed E-state index contributed by atoms with van der Waals surface area (Å²) in [4.78, 5) is 2.14. The van der Waals surface area contributed by atoms with Crippen LogP contribution in [0.3, 0.4) is 0 Å². The van der Waals surface area contributed by atoms with Crippen LogP contribution in [0.2, 0.25) is 0 Å². The Morgan fingerprint density at radius 2 is 2.12 bits per heavy atom. The second kappa shape index (κ2) is 6.99. The molecule has 1 aromatic rings. The van der Waals surface area contributed by atoms with Gasteiger partial charge in [-0.05, 0) is 45.7 Å². The third-order valence-electron chi connectivity index (χ3n) is 2.29. The van der Waals surface area contributed by atoms with Gasteiger partial charge in [0.15, 0.2) is 0 Å². The summed E-state index contributed by atoms with van der Waals surface area (Å²) < 4.78 is 14.2. The molecular formula is C12H18BrFN2.